The lowest BCUT2D eigenvalue weighted by atomic mass is 9.81. The van der Waals surface area contributed by atoms with E-state index in [1.807, 2.05) is 18.7 Å². The predicted molar refractivity (Wildman–Crippen MR) is 134 cm³/mol. The Morgan fingerprint density at radius 1 is 1.18 bits per heavy atom. The molecular formula is C25H36N2O4S2. The van der Waals surface area contributed by atoms with Crippen molar-refractivity contribution in [2.75, 3.05) is 30.7 Å². The molecule has 4 rings (SSSR count). The number of nitrogens with one attached hydrogen (secondary N) is 1. The Hall–Kier alpha value is -1.06. The van der Waals surface area contributed by atoms with Gasteiger partial charge in [-0.2, -0.15) is 0 Å². The van der Waals surface area contributed by atoms with Crippen molar-refractivity contribution < 1.29 is 19.1 Å². The van der Waals surface area contributed by atoms with Crippen LogP contribution in [-0.2, 0) is 31.9 Å². The van der Waals surface area contributed by atoms with Gasteiger partial charge in [-0.15, -0.1) is 23.5 Å². The van der Waals surface area contributed by atoms with Crippen LogP contribution in [0.1, 0.15) is 44.2 Å². The normalized spacial score (nSPS) is 27.2. The van der Waals surface area contributed by atoms with E-state index in [0.29, 0.717) is 37.3 Å². The first kappa shape index (κ1) is 25.0. The topological polar surface area (TPSA) is 67.9 Å². The molecule has 0 saturated carbocycles. The van der Waals surface area contributed by atoms with E-state index in [2.05, 4.69) is 29.6 Å². The Morgan fingerprint density at radius 3 is 2.70 bits per heavy atom. The van der Waals surface area contributed by atoms with Gasteiger partial charge in [0.25, 0.3) is 0 Å². The van der Waals surface area contributed by atoms with E-state index in [9.17, 15) is 9.59 Å². The summed E-state index contributed by atoms with van der Waals surface area (Å²) in [6, 6.07) is 8.08. The van der Waals surface area contributed by atoms with Gasteiger partial charge in [0.1, 0.15) is 11.8 Å². The molecule has 4 atom stereocenters. The third-order valence-electron chi connectivity index (χ3n) is 6.88. The van der Waals surface area contributed by atoms with E-state index in [1.54, 1.807) is 23.5 Å². The summed E-state index contributed by atoms with van der Waals surface area (Å²) in [5.41, 5.74) is 2.89. The van der Waals surface area contributed by atoms with Gasteiger partial charge in [-0.05, 0) is 56.6 Å². The highest BCUT2D eigenvalue weighted by Crippen LogP contribution is 2.32. The summed E-state index contributed by atoms with van der Waals surface area (Å²) in [7, 11) is 0. The highest BCUT2D eigenvalue weighted by molar-refractivity contribution is 8.01. The molecule has 2 heterocycles. The maximum Gasteiger partial charge on any atom is 0.242 e. The van der Waals surface area contributed by atoms with Gasteiger partial charge >= 0.3 is 0 Å². The molecule has 2 fully saturated rings. The molecular weight excluding hydrogens is 456 g/mol. The predicted octanol–water partition coefficient (Wildman–Crippen LogP) is 3.47. The highest BCUT2D eigenvalue weighted by atomic mass is 32.2. The zero-order valence-corrected chi connectivity index (χ0v) is 21.3. The Morgan fingerprint density at radius 2 is 1.94 bits per heavy atom. The maximum atomic E-state index is 13.5. The number of Topliss-reactive ketones (excluding diaryl/α,β-unsaturated/α-hetero) is 1. The van der Waals surface area contributed by atoms with Crippen molar-refractivity contribution in [2.45, 2.75) is 69.6 Å². The van der Waals surface area contributed by atoms with Crippen molar-refractivity contribution in [3.05, 3.63) is 35.4 Å². The Kier molecular flexibility index (Phi) is 9.16. The van der Waals surface area contributed by atoms with Gasteiger partial charge in [-0.1, -0.05) is 24.3 Å². The first-order valence-electron chi connectivity index (χ1n) is 12.2. The van der Waals surface area contributed by atoms with Gasteiger partial charge in [0.15, 0.2) is 6.29 Å². The van der Waals surface area contributed by atoms with E-state index in [0.717, 1.165) is 31.4 Å². The van der Waals surface area contributed by atoms with Gasteiger partial charge in [0, 0.05) is 31.3 Å². The molecule has 1 N–H and O–H groups in total. The van der Waals surface area contributed by atoms with Crippen molar-refractivity contribution in [3.63, 3.8) is 0 Å². The summed E-state index contributed by atoms with van der Waals surface area (Å²) in [5.74, 6) is 2.80. The summed E-state index contributed by atoms with van der Waals surface area (Å²) in [5, 5.41) is 2.99. The monoisotopic (exact) mass is 492 g/mol. The summed E-state index contributed by atoms with van der Waals surface area (Å²) >= 11 is 3.29. The van der Waals surface area contributed by atoms with Crippen LogP contribution in [0.5, 0.6) is 0 Å². The van der Waals surface area contributed by atoms with E-state index in [4.69, 9.17) is 9.47 Å². The fourth-order valence-electron chi connectivity index (χ4n) is 5.12. The minimum absolute atomic E-state index is 0.00403. The summed E-state index contributed by atoms with van der Waals surface area (Å²) in [6.45, 7) is 4.96. The zero-order valence-electron chi connectivity index (χ0n) is 19.7. The molecule has 1 unspecified atom stereocenters. The molecule has 2 saturated heterocycles. The second-order valence-corrected chi connectivity index (χ2v) is 11.1. The Bertz CT molecular complexity index is 817. The Labute approximate surface area is 205 Å². The van der Waals surface area contributed by atoms with Crippen LogP contribution < -0.4 is 5.32 Å². The number of nitrogens with zero attached hydrogens (tertiary/aromatic N) is 1. The minimum atomic E-state index is -0.459. The Balaban J connectivity index is 1.34. The van der Waals surface area contributed by atoms with E-state index < -0.39 is 12.3 Å². The molecule has 3 aliphatic rings. The fraction of sp³-hybridized carbons (Fsp3) is 0.680. The number of amides is 1. The van der Waals surface area contributed by atoms with Gasteiger partial charge in [-0.3, -0.25) is 14.9 Å². The summed E-state index contributed by atoms with van der Waals surface area (Å²) < 4.78 is 11.6. The molecule has 0 spiro atoms. The molecule has 182 valence electrons. The standard InChI is InChI=1S/C25H36N2O4S2/c1-3-30-25(31-4-2)20-14-32-16-27(20)24(29)22-23(33-15-26-22)21(28)12-10-17-9-11-18-7-5-6-8-19(18)13-17/h5-8,17,20,22-23,25-26H,3-4,9-16H2,1-2H3/t17-,20-,22-,23?/m0/s1. The first-order chi connectivity index (χ1) is 16.1. The molecule has 8 heteroatoms. The number of carbonyl (C=O) groups is 2. The number of thioether (sulfide) groups is 2. The average Bonchev–Trinajstić information content (AvgIpc) is 3.52. The lowest BCUT2D eigenvalue weighted by Gasteiger charge is -2.32. The van der Waals surface area contributed by atoms with Gasteiger partial charge in [0.2, 0.25) is 5.91 Å². The third-order valence-corrected chi connectivity index (χ3v) is 9.14. The molecule has 2 aliphatic heterocycles. The van der Waals surface area contributed by atoms with Crippen molar-refractivity contribution in [1.29, 1.82) is 0 Å². The van der Waals surface area contributed by atoms with Crippen LogP contribution in [0.2, 0.25) is 0 Å². The van der Waals surface area contributed by atoms with Gasteiger partial charge < -0.3 is 14.4 Å². The smallest absolute Gasteiger partial charge is 0.242 e. The van der Waals surface area contributed by atoms with Crippen LogP contribution in [0.15, 0.2) is 24.3 Å². The van der Waals surface area contributed by atoms with Crippen molar-refractivity contribution in [3.8, 4) is 0 Å². The number of ether oxygens (including phenoxy) is 2. The van der Waals surface area contributed by atoms with Crippen molar-refractivity contribution in [1.82, 2.24) is 10.2 Å². The molecule has 0 bridgehead atoms. The first-order valence-corrected chi connectivity index (χ1v) is 14.4. The number of rotatable bonds is 10. The molecule has 1 aliphatic carbocycles. The number of ketones is 1. The van der Waals surface area contributed by atoms with Crippen LogP contribution >= 0.6 is 23.5 Å². The van der Waals surface area contributed by atoms with Crippen molar-refractivity contribution >= 4 is 35.2 Å². The quantitative estimate of drug-likeness (QED) is 0.502. The van der Waals surface area contributed by atoms with E-state index in [-0.39, 0.29) is 23.0 Å². The second-order valence-electron chi connectivity index (χ2n) is 8.95. The lowest BCUT2D eigenvalue weighted by molar-refractivity contribution is -0.173. The van der Waals surface area contributed by atoms with Crippen LogP contribution in [-0.4, -0.2) is 70.9 Å². The van der Waals surface area contributed by atoms with Crippen LogP contribution in [0, 0.1) is 5.92 Å². The van der Waals surface area contributed by atoms with Crippen molar-refractivity contribution in [2.24, 2.45) is 5.92 Å². The van der Waals surface area contributed by atoms with Crippen LogP contribution in [0.25, 0.3) is 0 Å². The second kappa shape index (κ2) is 12.1. The lowest BCUT2D eigenvalue weighted by Crippen LogP contribution is -2.54. The third kappa shape index (κ3) is 5.96. The SMILES string of the molecule is CCOC(OCC)[C@@H]1CSCN1C(=O)[C@H]1NCSC1C(=O)CC[C@@H]1CCc2ccccc2C1. The number of benzene rings is 1. The number of hydrogen-bond acceptors (Lipinski definition) is 7. The molecule has 1 amide bonds. The van der Waals surface area contributed by atoms with E-state index >= 15 is 0 Å². The largest absolute Gasteiger partial charge is 0.351 e. The molecule has 0 aromatic heterocycles. The van der Waals surface area contributed by atoms with Gasteiger partial charge in [0.05, 0.1) is 17.2 Å². The zero-order chi connectivity index (χ0) is 23.2. The minimum Gasteiger partial charge on any atom is -0.351 e. The fourth-order valence-corrected chi connectivity index (χ4v) is 7.49. The number of fused-ring (bicyclic) bond motifs is 1. The molecule has 33 heavy (non-hydrogen) atoms. The van der Waals surface area contributed by atoms with Crippen LogP contribution in [0.3, 0.4) is 0 Å². The highest BCUT2D eigenvalue weighted by Gasteiger charge is 2.45. The van der Waals surface area contributed by atoms with Gasteiger partial charge in [-0.25, -0.2) is 0 Å². The van der Waals surface area contributed by atoms with Crippen LogP contribution in [0.4, 0.5) is 0 Å². The average molecular weight is 493 g/mol. The number of hydrogen-bond donors (Lipinski definition) is 1. The molecule has 1 aromatic carbocycles. The molecule has 6 nitrogen and oxygen atoms in total. The number of aryl methyl sites for hydroxylation is 1. The van der Waals surface area contributed by atoms with E-state index in [1.165, 1.54) is 11.1 Å². The molecule has 0 radical (unpaired) electrons. The molecule has 1 aromatic rings. The number of carbonyl (C=O) groups excluding carboxylic acids is 2. The maximum absolute atomic E-state index is 13.5. The summed E-state index contributed by atoms with van der Waals surface area (Å²) in [6.07, 6.45) is 4.34. The summed E-state index contributed by atoms with van der Waals surface area (Å²) in [4.78, 5) is 28.6.